The molecule has 0 aromatic carbocycles. The first-order valence-electron chi connectivity index (χ1n) is 8.99. The third-order valence-corrected chi connectivity index (χ3v) is 4.33. The van der Waals surface area contributed by atoms with Gasteiger partial charge in [-0.15, -0.1) is 0 Å². The lowest BCUT2D eigenvalue weighted by molar-refractivity contribution is 0.0940. The minimum atomic E-state index is -0.431. The van der Waals surface area contributed by atoms with E-state index < -0.39 is 11.9 Å². The highest BCUT2D eigenvalue weighted by Gasteiger charge is 2.17. The third-order valence-electron chi connectivity index (χ3n) is 4.33. The molecular formula is C21H16FN7O. The molecule has 8 nitrogen and oxygen atoms in total. The van der Waals surface area contributed by atoms with Gasteiger partial charge in [0, 0.05) is 24.2 Å². The van der Waals surface area contributed by atoms with Gasteiger partial charge in [0.25, 0.3) is 5.91 Å². The molecule has 0 aliphatic rings. The zero-order chi connectivity index (χ0) is 21.1. The van der Waals surface area contributed by atoms with Crippen LogP contribution in [0, 0.1) is 17.7 Å². The van der Waals surface area contributed by atoms with Crippen molar-refractivity contribution >= 4 is 17.4 Å². The number of anilines is 1. The average Bonchev–Trinajstić information content (AvgIpc) is 3.17. The van der Waals surface area contributed by atoms with Crippen LogP contribution in [-0.2, 0) is 0 Å². The number of nitrogens with one attached hydrogen (secondary N) is 1. The number of nitrogens with zero attached hydrogens (tertiary/aromatic N) is 5. The predicted octanol–water partition coefficient (Wildman–Crippen LogP) is 2.13. The van der Waals surface area contributed by atoms with E-state index in [0.717, 1.165) is 6.20 Å². The molecule has 3 N–H and O–H groups in total. The fourth-order valence-corrected chi connectivity index (χ4v) is 2.77. The van der Waals surface area contributed by atoms with E-state index in [-0.39, 0.29) is 11.9 Å². The summed E-state index contributed by atoms with van der Waals surface area (Å²) in [5.41, 5.74) is 8.34. The molecule has 0 fully saturated rings. The molecule has 0 aliphatic heterocycles. The maximum absolute atomic E-state index is 13.1. The Kier molecular flexibility index (Phi) is 5.05. The fourth-order valence-electron chi connectivity index (χ4n) is 2.77. The average molecular weight is 401 g/mol. The Hall–Kier alpha value is -4.32. The normalized spacial score (nSPS) is 11.5. The molecule has 1 amide bonds. The maximum Gasteiger partial charge on any atom is 0.255 e. The third kappa shape index (κ3) is 4.07. The lowest BCUT2D eigenvalue weighted by Gasteiger charge is -2.12. The second-order valence-electron chi connectivity index (χ2n) is 6.48. The van der Waals surface area contributed by atoms with E-state index >= 15 is 0 Å². The lowest BCUT2D eigenvalue weighted by atomic mass is 10.1. The molecule has 0 aliphatic carbocycles. The molecular weight excluding hydrogens is 385 g/mol. The number of hydrogen-bond donors (Lipinski definition) is 2. The molecule has 4 aromatic heterocycles. The first-order chi connectivity index (χ1) is 14.5. The Bertz CT molecular complexity index is 1270. The van der Waals surface area contributed by atoms with Gasteiger partial charge in [-0.1, -0.05) is 11.8 Å². The van der Waals surface area contributed by atoms with Crippen LogP contribution in [0.15, 0.2) is 55.2 Å². The van der Waals surface area contributed by atoms with E-state index in [1.165, 1.54) is 30.7 Å². The number of amides is 1. The molecule has 0 unspecified atom stereocenters. The van der Waals surface area contributed by atoms with E-state index in [4.69, 9.17) is 5.73 Å². The Morgan fingerprint density at radius 2 is 1.87 bits per heavy atom. The second-order valence-corrected chi connectivity index (χ2v) is 6.48. The zero-order valence-corrected chi connectivity index (χ0v) is 15.9. The number of aromatic nitrogens is 5. The van der Waals surface area contributed by atoms with Gasteiger partial charge in [0.05, 0.1) is 40.8 Å². The van der Waals surface area contributed by atoms with Gasteiger partial charge < -0.3 is 11.1 Å². The van der Waals surface area contributed by atoms with Crippen molar-refractivity contribution in [3.05, 3.63) is 83.5 Å². The quantitative estimate of drug-likeness (QED) is 0.509. The fraction of sp³-hybridized carbons (Fsp3) is 0.0952. The van der Waals surface area contributed by atoms with Crippen molar-refractivity contribution in [2.75, 3.05) is 5.73 Å². The first kappa shape index (κ1) is 19.0. The molecule has 148 valence electrons. The molecule has 30 heavy (non-hydrogen) atoms. The molecule has 0 bridgehead atoms. The summed E-state index contributed by atoms with van der Waals surface area (Å²) in [6.45, 7) is 1.77. The van der Waals surface area contributed by atoms with Crippen LogP contribution in [0.1, 0.15) is 40.1 Å². The largest absolute Gasteiger partial charge is 0.368 e. The zero-order valence-electron chi connectivity index (χ0n) is 15.9. The molecule has 0 saturated carbocycles. The van der Waals surface area contributed by atoms with Crippen LogP contribution < -0.4 is 11.1 Å². The number of pyridine rings is 2. The standard InChI is InChI=1S/C21H16FN7O/c1-13(18-5-4-16(22)11-24-18)28-20(30)17-12-27-29-7-6-14(8-19(17)29)2-3-15-9-25-21(23)26-10-15/h4-13H,1H3,(H,28,30)(H2,23,25,26)/t13-/m0/s1. The minimum absolute atomic E-state index is 0.182. The van der Waals surface area contributed by atoms with E-state index in [9.17, 15) is 9.18 Å². The molecule has 0 radical (unpaired) electrons. The van der Waals surface area contributed by atoms with E-state index in [1.54, 1.807) is 29.8 Å². The molecule has 0 spiro atoms. The van der Waals surface area contributed by atoms with Gasteiger partial charge in [0.15, 0.2) is 0 Å². The van der Waals surface area contributed by atoms with E-state index in [1.807, 2.05) is 0 Å². The predicted molar refractivity (Wildman–Crippen MR) is 108 cm³/mol. The highest BCUT2D eigenvalue weighted by atomic mass is 19.1. The molecule has 4 heterocycles. The topological polar surface area (TPSA) is 111 Å². The van der Waals surface area contributed by atoms with Crippen molar-refractivity contribution < 1.29 is 9.18 Å². The number of nitrogens with two attached hydrogens (primary N) is 1. The van der Waals surface area contributed by atoms with Crippen LogP contribution in [-0.4, -0.2) is 30.5 Å². The van der Waals surface area contributed by atoms with Crippen LogP contribution >= 0.6 is 0 Å². The number of nitrogen functional groups attached to an aromatic ring is 1. The Morgan fingerprint density at radius 3 is 2.60 bits per heavy atom. The number of halogens is 1. The van der Waals surface area contributed by atoms with Crippen molar-refractivity contribution in [1.29, 1.82) is 0 Å². The summed E-state index contributed by atoms with van der Waals surface area (Å²) in [6.07, 6.45) is 7.40. The van der Waals surface area contributed by atoms with Gasteiger partial charge in [0.1, 0.15) is 5.82 Å². The van der Waals surface area contributed by atoms with Gasteiger partial charge in [-0.2, -0.15) is 5.10 Å². The van der Waals surface area contributed by atoms with Crippen molar-refractivity contribution in [2.24, 2.45) is 0 Å². The summed E-state index contributed by atoms with van der Waals surface area (Å²) in [7, 11) is 0. The van der Waals surface area contributed by atoms with Gasteiger partial charge >= 0.3 is 0 Å². The van der Waals surface area contributed by atoms with Crippen LogP contribution in [0.25, 0.3) is 5.52 Å². The molecule has 4 rings (SSSR count). The smallest absolute Gasteiger partial charge is 0.255 e. The van der Waals surface area contributed by atoms with E-state index in [0.29, 0.717) is 27.9 Å². The van der Waals surface area contributed by atoms with Crippen LogP contribution in [0.5, 0.6) is 0 Å². The highest BCUT2D eigenvalue weighted by molar-refractivity contribution is 6.00. The van der Waals surface area contributed by atoms with Crippen LogP contribution in [0.3, 0.4) is 0 Å². The number of carbonyl (C=O) groups is 1. The molecule has 9 heteroatoms. The number of rotatable bonds is 3. The van der Waals surface area contributed by atoms with Crippen LogP contribution in [0.4, 0.5) is 10.3 Å². The monoisotopic (exact) mass is 401 g/mol. The van der Waals surface area contributed by atoms with Gasteiger partial charge in [0.2, 0.25) is 5.95 Å². The number of fused-ring (bicyclic) bond motifs is 1. The van der Waals surface area contributed by atoms with Crippen molar-refractivity contribution in [1.82, 2.24) is 29.9 Å². The van der Waals surface area contributed by atoms with Crippen LogP contribution in [0.2, 0.25) is 0 Å². The van der Waals surface area contributed by atoms with Gasteiger partial charge in [-0.05, 0) is 31.2 Å². The van der Waals surface area contributed by atoms with Gasteiger partial charge in [-0.3, -0.25) is 9.78 Å². The summed E-state index contributed by atoms with van der Waals surface area (Å²) in [5, 5.41) is 7.06. The van der Waals surface area contributed by atoms with E-state index in [2.05, 4.69) is 37.2 Å². The Labute approximate surface area is 171 Å². The van der Waals surface area contributed by atoms with Crippen molar-refractivity contribution in [3.63, 3.8) is 0 Å². The summed E-state index contributed by atoms with van der Waals surface area (Å²) >= 11 is 0. The maximum atomic E-state index is 13.1. The number of hydrogen-bond acceptors (Lipinski definition) is 6. The summed E-state index contributed by atoms with van der Waals surface area (Å²) in [4.78, 5) is 24.6. The van der Waals surface area contributed by atoms with Gasteiger partial charge in [-0.25, -0.2) is 18.9 Å². The number of carbonyl (C=O) groups excluding carboxylic acids is 1. The summed E-state index contributed by atoms with van der Waals surface area (Å²) < 4.78 is 14.6. The summed E-state index contributed by atoms with van der Waals surface area (Å²) in [6, 6.07) is 6.00. The SMILES string of the molecule is C[C@H](NC(=O)c1cnn2ccc(C#Cc3cnc(N)nc3)cc12)c1ccc(F)cn1. The summed E-state index contributed by atoms with van der Waals surface area (Å²) in [5.74, 6) is 5.40. The Balaban J connectivity index is 1.57. The van der Waals surface area contributed by atoms with Crippen molar-refractivity contribution in [3.8, 4) is 11.8 Å². The lowest BCUT2D eigenvalue weighted by Crippen LogP contribution is -2.27. The molecule has 0 saturated heterocycles. The second kappa shape index (κ2) is 7.97. The van der Waals surface area contributed by atoms with Crippen molar-refractivity contribution in [2.45, 2.75) is 13.0 Å². The molecule has 4 aromatic rings. The first-order valence-corrected chi connectivity index (χ1v) is 8.99. The minimum Gasteiger partial charge on any atom is -0.368 e. The Morgan fingerprint density at radius 1 is 1.10 bits per heavy atom. The molecule has 1 atom stereocenters. The highest BCUT2D eigenvalue weighted by Crippen LogP contribution is 2.15.